The molecular weight excluding hydrogens is 412 g/mol. The van der Waals surface area contributed by atoms with E-state index in [1.807, 2.05) is 0 Å². The van der Waals surface area contributed by atoms with Crippen LogP contribution in [0.1, 0.15) is 0 Å². The van der Waals surface area contributed by atoms with Crippen LogP contribution in [0.4, 0.5) is 11.4 Å². The van der Waals surface area contributed by atoms with Crippen molar-refractivity contribution in [1.29, 1.82) is 0 Å². The second-order valence-electron chi connectivity index (χ2n) is 6.04. The topological polar surface area (TPSA) is 132 Å². The number of non-ortho nitro benzene ring substituents is 2. The molecule has 0 spiro atoms. The van der Waals surface area contributed by atoms with Gasteiger partial charge in [0.15, 0.2) is 0 Å². The molecule has 11 nitrogen and oxygen atoms in total. The van der Waals surface area contributed by atoms with Gasteiger partial charge in [-0.1, -0.05) is 0 Å². The van der Waals surface area contributed by atoms with Gasteiger partial charge in [-0.3, -0.25) is 20.2 Å². The van der Waals surface area contributed by atoms with E-state index in [1.54, 1.807) is 0 Å². The van der Waals surface area contributed by atoms with Crippen molar-refractivity contribution in [3.8, 4) is 11.5 Å². The Morgan fingerprint density at radius 3 is 1.10 bits per heavy atom. The van der Waals surface area contributed by atoms with E-state index in [1.165, 1.54) is 48.5 Å². The van der Waals surface area contributed by atoms with Crippen molar-refractivity contribution in [3.63, 3.8) is 0 Å². The van der Waals surface area contributed by atoms with E-state index in [2.05, 4.69) is 0 Å². The second-order valence-corrected chi connectivity index (χ2v) is 6.04. The number of nitrogens with zero attached hydrogens (tertiary/aromatic N) is 2. The molecule has 0 aliphatic heterocycles. The van der Waals surface area contributed by atoms with Crippen LogP contribution in [0.2, 0.25) is 0 Å². The molecule has 2 aromatic rings. The van der Waals surface area contributed by atoms with Crippen LogP contribution in [0.3, 0.4) is 0 Å². The first kappa shape index (κ1) is 24.0. The predicted molar refractivity (Wildman–Crippen MR) is 110 cm³/mol. The van der Waals surface area contributed by atoms with Gasteiger partial charge in [0.05, 0.1) is 49.5 Å². The summed E-state index contributed by atoms with van der Waals surface area (Å²) in [7, 11) is 0. The Bertz CT molecular complexity index is 730. The summed E-state index contributed by atoms with van der Waals surface area (Å²) >= 11 is 0. The Kier molecular flexibility index (Phi) is 10.7. The molecule has 0 aromatic heterocycles. The fraction of sp³-hybridized carbons (Fsp3) is 0.400. The number of nitro benzene ring substituents is 2. The molecule has 31 heavy (non-hydrogen) atoms. The van der Waals surface area contributed by atoms with Gasteiger partial charge in [-0.25, -0.2) is 0 Å². The molecule has 0 fully saturated rings. The van der Waals surface area contributed by atoms with E-state index in [0.29, 0.717) is 64.4 Å². The highest BCUT2D eigenvalue weighted by molar-refractivity contribution is 5.36. The van der Waals surface area contributed by atoms with Gasteiger partial charge in [-0.2, -0.15) is 0 Å². The number of nitro groups is 2. The molecule has 0 aliphatic rings. The van der Waals surface area contributed by atoms with Crippen LogP contribution in [-0.4, -0.2) is 62.7 Å². The summed E-state index contributed by atoms with van der Waals surface area (Å²) in [6.07, 6.45) is 0. The molecule has 0 heterocycles. The molecule has 0 saturated heterocycles. The van der Waals surface area contributed by atoms with E-state index >= 15 is 0 Å². The molecule has 0 unspecified atom stereocenters. The van der Waals surface area contributed by atoms with Crippen LogP contribution in [0, 0.1) is 20.2 Å². The first-order valence-corrected chi connectivity index (χ1v) is 9.54. The SMILES string of the molecule is O=[N+]([O-])c1ccc(OCCOCCOCCOCCOc2ccc([N+](=O)[O-])cc2)cc1. The molecule has 168 valence electrons. The largest absolute Gasteiger partial charge is 0.491 e. The quantitative estimate of drug-likeness (QED) is 0.221. The minimum absolute atomic E-state index is 0.0155. The fourth-order valence-electron chi connectivity index (χ4n) is 2.31. The van der Waals surface area contributed by atoms with Gasteiger partial charge in [0.1, 0.15) is 24.7 Å². The third kappa shape index (κ3) is 9.85. The Hall–Kier alpha value is -3.28. The predicted octanol–water partition coefficient (Wildman–Crippen LogP) is 3.01. The second kappa shape index (κ2) is 13.9. The average molecular weight is 436 g/mol. The van der Waals surface area contributed by atoms with E-state index < -0.39 is 9.85 Å². The lowest BCUT2D eigenvalue weighted by Gasteiger charge is -2.09. The van der Waals surface area contributed by atoms with E-state index in [9.17, 15) is 20.2 Å². The third-order valence-corrected chi connectivity index (χ3v) is 3.83. The summed E-state index contributed by atoms with van der Waals surface area (Å²) in [4.78, 5) is 20.2. The lowest BCUT2D eigenvalue weighted by Crippen LogP contribution is -2.14. The molecule has 0 amide bonds. The highest BCUT2D eigenvalue weighted by Crippen LogP contribution is 2.17. The highest BCUT2D eigenvalue weighted by atomic mass is 16.6. The molecule has 11 heteroatoms. The Morgan fingerprint density at radius 1 is 0.516 bits per heavy atom. The van der Waals surface area contributed by atoms with Gasteiger partial charge in [0, 0.05) is 24.3 Å². The fourth-order valence-corrected chi connectivity index (χ4v) is 2.31. The zero-order chi connectivity index (χ0) is 22.3. The van der Waals surface area contributed by atoms with Crippen molar-refractivity contribution in [2.24, 2.45) is 0 Å². The van der Waals surface area contributed by atoms with Crippen LogP contribution >= 0.6 is 0 Å². The van der Waals surface area contributed by atoms with Crippen molar-refractivity contribution >= 4 is 11.4 Å². The summed E-state index contributed by atoms with van der Waals surface area (Å²) in [6.45, 7) is 3.05. The first-order chi connectivity index (χ1) is 15.1. The van der Waals surface area contributed by atoms with Crippen molar-refractivity contribution in [2.75, 3.05) is 52.9 Å². The molecule has 0 radical (unpaired) electrons. The van der Waals surface area contributed by atoms with Gasteiger partial charge >= 0.3 is 0 Å². The average Bonchev–Trinajstić information content (AvgIpc) is 2.77. The summed E-state index contributed by atoms with van der Waals surface area (Å²) in [6, 6.07) is 11.7. The van der Waals surface area contributed by atoms with E-state index in [0.717, 1.165) is 0 Å². The summed E-state index contributed by atoms with van der Waals surface area (Å²) in [5.74, 6) is 1.08. The molecular formula is C20H24N2O9. The molecule has 0 aliphatic carbocycles. The van der Waals surface area contributed by atoms with E-state index in [-0.39, 0.29) is 11.4 Å². The minimum Gasteiger partial charge on any atom is -0.491 e. The third-order valence-electron chi connectivity index (χ3n) is 3.83. The van der Waals surface area contributed by atoms with Crippen molar-refractivity contribution in [1.82, 2.24) is 0 Å². The van der Waals surface area contributed by atoms with Crippen LogP contribution in [-0.2, 0) is 14.2 Å². The standard InChI is InChI=1S/C20H24N2O9/c23-21(24)17-1-5-19(6-2-17)30-15-13-28-11-9-27-10-12-29-14-16-31-20-7-3-18(4-8-20)22(25)26/h1-8H,9-16H2. The van der Waals surface area contributed by atoms with Crippen molar-refractivity contribution < 1.29 is 33.5 Å². The first-order valence-electron chi connectivity index (χ1n) is 9.54. The van der Waals surface area contributed by atoms with Crippen molar-refractivity contribution in [2.45, 2.75) is 0 Å². The van der Waals surface area contributed by atoms with E-state index in [4.69, 9.17) is 23.7 Å². The molecule has 0 N–H and O–H groups in total. The molecule has 0 saturated carbocycles. The lowest BCUT2D eigenvalue weighted by atomic mass is 10.3. The molecule has 0 bridgehead atoms. The summed E-state index contributed by atoms with van der Waals surface area (Å²) in [5.41, 5.74) is 0.0310. The lowest BCUT2D eigenvalue weighted by molar-refractivity contribution is -0.385. The summed E-state index contributed by atoms with van der Waals surface area (Å²) in [5, 5.41) is 21.1. The zero-order valence-electron chi connectivity index (χ0n) is 16.8. The number of hydrogen-bond donors (Lipinski definition) is 0. The number of hydrogen-bond acceptors (Lipinski definition) is 9. The monoisotopic (exact) mass is 436 g/mol. The number of rotatable bonds is 16. The Morgan fingerprint density at radius 2 is 0.806 bits per heavy atom. The maximum absolute atomic E-state index is 10.6. The Balaban J connectivity index is 1.37. The maximum atomic E-state index is 10.6. The molecule has 0 atom stereocenters. The molecule has 2 aromatic carbocycles. The molecule has 2 rings (SSSR count). The van der Waals surface area contributed by atoms with Gasteiger partial charge < -0.3 is 23.7 Å². The summed E-state index contributed by atoms with van der Waals surface area (Å²) < 4.78 is 27.0. The maximum Gasteiger partial charge on any atom is 0.269 e. The van der Waals surface area contributed by atoms with Crippen LogP contribution < -0.4 is 9.47 Å². The number of ether oxygens (including phenoxy) is 5. The van der Waals surface area contributed by atoms with Crippen LogP contribution in [0.25, 0.3) is 0 Å². The van der Waals surface area contributed by atoms with Gasteiger partial charge in [-0.05, 0) is 24.3 Å². The van der Waals surface area contributed by atoms with Gasteiger partial charge in [0.2, 0.25) is 0 Å². The van der Waals surface area contributed by atoms with Crippen molar-refractivity contribution in [3.05, 3.63) is 68.8 Å². The zero-order valence-corrected chi connectivity index (χ0v) is 16.8. The highest BCUT2D eigenvalue weighted by Gasteiger charge is 2.05. The minimum atomic E-state index is -0.465. The number of benzene rings is 2. The normalized spacial score (nSPS) is 10.6. The van der Waals surface area contributed by atoms with Gasteiger partial charge in [0.25, 0.3) is 11.4 Å². The van der Waals surface area contributed by atoms with Gasteiger partial charge in [-0.15, -0.1) is 0 Å². The van der Waals surface area contributed by atoms with Crippen LogP contribution in [0.15, 0.2) is 48.5 Å². The smallest absolute Gasteiger partial charge is 0.269 e. The Labute approximate surface area is 178 Å². The van der Waals surface area contributed by atoms with Crippen LogP contribution in [0.5, 0.6) is 11.5 Å².